The fourth-order valence-electron chi connectivity index (χ4n) is 1.77. The Hall–Kier alpha value is -2.14. The number of hydrogen-bond donors (Lipinski definition) is 3. The van der Waals surface area contributed by atoms with Crippen molar-refractivity contribution >= 4 is 11.6 Å². The van der Waals surface area contributed by atoms with E-state index in [2.05, 4.69) is 15.3 Å². The quantitative estimate of drug-likeness (QED) is 0.783. The highest BCUT2D eigenvalue weighted by Gasteiger charge is 2.14. The normalized spacial score (nSPS) is 12.4. The molecule has 106 valence electrons. The van der Waals surface area contributed by atoms with Gasteiger partial charge in [-0.05, 0) is 30.2 Å². The molecule has 1 amide bonds. The molecule has 5 nitrogen and oxygen atoms in total. The molecule has 0 radical (unpaired) electrons. The maximum Gasteiger partial charge on any atom is 0.226 e. The number of imidazole rings is 1. The molecule has 0 aliphatic carbocycles. The largest absolute Gasteiger partial charge is 0.392 e. The van der Waals surface area contributed by atoms with Crippen molar-refractivity contribution in [3.05, 3.63) is 36.7 Å². The zero-order valence-electron chi connectivity index (χ0n) is 11.6. The standard InChI is InChI=1S/C15H19N3O2/c1-10(2)13(19)9-14(20)18-12-5-3-11(4-6-12)15-16-7-8-17-15/h3-8,10,13,19H,9H2,1-2H3,(H,16,17)(H,18,20). The molecule has 0 aliphatic heterocycles. The Morgan fingerprint density at radius 1 is 1.35 bits per heavy atom. The van der Waals surface area contributed by atoms with Gasteiger partial charge in [0.2, 0.25) is 5.91 Å². The number of rotatable bonds is 5. The van der Waals surface area contributed by atoms with Gasteiger partial charge in [-0.2, -0.15) is 0 Å². The molecule has 2 rings (SSSR count). The fraction of sp³-hybridized carbons (Fsp3) is 0.333. The number of aliphatic hydroxyl groups is 1. The lowest BCUT2D eigenvalue weighted by Gasteiger charge is -2.14. The molecule has 0 fully saturated rings. The van der Waals surface area contributed by atoms with Crippen LogP contribution in [0.5, 0.6) is 0 Å². The molecule has 1 aromatic carbocycles. The number of nitrogens with zero attached hydrogens (tertiary/aromatic N) is 1. The van der Waals surface area contributed by atoms with Gasteiger partial charge in [-0.3, -0.25) is 4.79 Å². The van der Waals surface area contributed by atoms with E-state index in [0.717, 1.165) is 11.4 Å². The van der Waals surface area contributed by atoms with Crippen LogP contribution in [-0.2, 0) is 4.79 Å². The molecular formula is C15H19N3O2. The Balaban J connectivity index is 1.95. The third-order valence-electron chi connectivity index (χ3n) is 3.10. The van der Waals surface area contributed by atoms with Crippen LogP contribution in [0.2, 0.25) is 0 Å². The summed E-state index contributed by atoms with van der Waals surface area (Å²) in [5, 5.41) is 12.4. The van der Waals surface area contributed by atoms with Crippen LogP contribution >= 0.6 is 0 Å². The number of hydrogen-bond acceptors (Lipinski definition) is 3. The SMILES string of the molecule is CC(C)C(O)CC(=O)Nc1ccc(-c2ncc[nH]2)cc1. The molecule has 20 heavy (non-hydrogen) atoms. The van der Waals surface area contributed by atoms with Crippen LogP contribution in [-0.4, -0.2) is 27.1 Å². The van der Waals surface area contributed by atoms with Gasteiger partial charge < -0.3 is 15.4 Å². The first-order valence-electron chi connectivity index (χ1n) is 6.64. The monoisotopic (exact) mass is 273 g/mol. The summed E-state index contributed by atoms with van der Waals surface area (Å²) in [6, 6.07) is 7.40. The van der Waals surface area contributed by atoms with Gasteiger partial charge in [0.1, 0.15) is 5.82 Å². The Morgan fingerprint density at radius 2 is 2.05 bits per heavy atom. The van der Waals surface area contributed by atoms with Crippen LogP contribution in [0.4, 0.5) is 5.69 Å². The number of carbonyl (C=O) groups is 1. The highest BCUT2D eigenvalue weighted by molar-refractivity contribution is 5.91. The second-order valence-corrected chi connectivity index (χ2v) is 5.08. The van der Waals surface area contributed by atoms with Crippen molar-refractivity contribution in [2.75, 3.05) is 5.32 Å². The third kappa shape index (κ3) is 3.68. The number of benzene rings is 1. The number of nitrogens with one attached hydrogen (secondary N) is 2. The molecule has 0 saturated carbocycles. The lowest BCUT2D eigenvalue weighted by molar-refractivity contribution is -0.118. The van der Waals surface area contributed by atoms with E-state index in [4.69, 9.17) is 0 Å². The highest BCUT2D eigenvalue weighted by Crippen LogP contribution is 2.18. The van der Waals surface area contributed by atoms with Crippen LogP contribution in [0.1, 0.15) is 20.3 Å². The topological polar surface area (TPSA) is 78.0 Å². The van der Waals surface area contributed by atoms with E-state index in [1.54, 1.807) is 12.4 Å². The van der Waals surface area contributed by atoms with Gasteiger partial charge in [-0.15, -0.1) is 0 Å². The lowest BCUT2D eigenvalue weighted by atomic mass is 10.0. The van der Waals surface area contributed by atoms with E-state index in [0.29, 0.717) is 5.69 Å². The van der Waals surface area contributed by atoms with Crippen LogP contribution in [0.25, 0.3) is 11.4 Å². The summed E-state index contributed by atoms with van der Waals surface area (Å²) in [7, 11) is 0. The van der Waals surface area contributed by atoms with E-state index in [1.165, 1.54) is 0 Å². The van der Waals surface area contributed by atoms with Gasteiger partial charge in [0.15, 0.2) is 0 Å². The summed E-state index contributed by atoms with van der Waals surface area (Å²) >= 11 is 0. The first kappa shape index (κ1) is 14.3. The fourth-order valence-corrected chi connectivity index (χ4v) is 1.77. The summed E-state index contributed by atoms with van der Waals surface area (Å²) < 4.78 is 0. The van der Waals surface area contributed by atoms with Crippen molar-refractivity contribution in [1.82, 2.24) is 9.97 Å². The average Bonchev–Trinajstić information content (AvgIpc) is 2.93. The molecule has 1 heterocycles. The van der Waals surface area contributed by atoms with E-state index < -0.39 is 6.10 Å². The third-order valence-corrected chi connectivity index (χ3v) is 3.10. The zero-order valence-corrected chi connectivity index (χ0v) is 11.6. The molecule has 5 heteroatoms. The minimum Gasteiger partial charge on any atom is -0.392 e. The van der Waals surface area contributed by atoms with Crippen LogP contribution in [0, 0.1) is 5.92 Å². The molecule has 0 bridgehead atoms. The van der Waals surface area contributed by atoms with Crippen LogP contribution < -0.4 is 5.32 Å². The van der Waals surface area contributed by atoms with Gasteiger partial charge in [-0.25, -0.2) is 4.98 Å². The van der Waals surface area contributed by atoms with Crippen molar-refractivity contribution in [2.45, 2.75) is 26.4 Å². The van der Waals surface area contributed by atoms with Gasteiger partial charge in [0.05, 0.1) is 12.5 Å². The van der Waals surface area contributed by atoms with Crippen LogP contribution in [0.3, 0.4) is 0 Å². The number of anilines is 1. The summed E-state index contributed by atoms with van der Waals surface area (Å²) in [5.74, 6) is 0.678. The Labute approximate surface area is 118 Å². The second kappa shape index (κ2) is 6.34. The zero-order chi connectivity index (χ0) is 14.5. The van der Waals surface area contributed by atoms with Gasteiger partial charge in [-0.1, -0.05) is 13.8 Å². The highest BCUT2D eigenvalue weighted by atomic mass is 16.3. The maximum absolute atomic E-state index is 11.8. The average molecular weight is 273 g/mol. The molecule has 0 spiro atoms. The van der Waals surface area contributed by atoms with Crippen molar-refractivity contribution in [3.8, 4) is 11.4 Å². The van der Waals surface area contributed by atoms with E-state index in [9.17, 15) is 9.90 Å². The number of aliphatic hydroxyl groups excluding tert-OH is 1. The van der Waals surface area contributed by atoms with E-state index >= 15 is 0 Å². The summed E-state index contributed by atoms with van der Waals surface area (Å²) in [4.78, 5) is 18.9. The van der Waals surface area contributed by atoms with Gasteiger partial charge in [0, 0.05) is 23.6 Å². The first-order chi connectivity index (χ1) is 9.56. The summed E-state index contributed by atoms with van der Waals surface area (Å²) in [6.07, 6.45) is 2.95. The predicted octanol–water partition coefficient (Wildman–Crippen LogP) is 2.42. The lowest BCUT2D eigenvalue weighted by Crippen LogP contribution is -2.23. The number of amides is 1. The Bertz CT molecular complexity index is 547. The number of carbonyl (C=O) groups excluding carboxylic acids is 1. The first-order valence-corrected chi connectivity index (χ1v) is 6.64. The molecule has 1 atom stereocenters. The number of aromatic amines is 1. The molecule has 3 N–H and O–H groups in total. The van der Waals surface area contributed by atoms with E-state index in [-0.39, 0.29) is 18.2 Å². The molecule has 1 aromatic heterocycles. The van der Waals surface area contributed by atoms with Crippen molar-refractivity contribution in [1.29, 1.82) is 0 Å². The molecule has 2 aromatic rings. The number of aromatic nitrogens is 2. The minimum atomic E-state index is -0.614. The van der Waals surface area contributed by atoms with Crippen LogP contribution in [0.15, 0.2) is 36.7 Å². The summed E-state index contributed by atoms with van der Waals surface area (Å²) in [6.45, 7) is 3.77. The maximum atomic E-state index is 11.8. The predicted molar refractivity (Wildman–Crippen MR) is 78.1 cm³/mol. The summed E-state index contributed by atoms with van der Waals surface area (Å²) in [5.41, 5.74) is 1.66. The Morgan fingerprint density at radius 3 is 2.60 bits per heavy atom. The smallest absolute Gasteiger partial charge is 0.226 e. The van der Waals surface area contributed by atoms with Gasteiger partial charge in [0.25, 0.3) is 0 Å². The molecule has 0 saturated heterocycles. The minimum absolute atomic E-state index is 0.0714. The number of H-pyrrole nitrogens is 1. The van der Waals surface area contributed by atoms with E-state index in [1.807, 2.05) is 38.1 Å². The van der Waals surface area contributed by atoms with Crippen molar-refractivity contribution in [2.24, 2.45) is 5.92 Å². The van der Waals surface area contributed by atoms with Crippen molar-refractivity contribution in [3.63, 3.8) is 0 Å². The molecule has 1 unspecified atom stereocenters. The second-order valence-electron chi connectivity index (χ2n) is 5.08. The molecular weight excluding hydrogens is 254 g/mol. The molecule has 0 aliphatic rings. The van der Waals surface area contributed by atoms with Gasteiger partial charge >= 0.3 is 0 Å². The Kier molecular flexibility index (Phi) is 4.53. The van der Waals surface area contributed by atoms with Crippen molar-refractivity contribution < 1.29 is 9.90 Å².